The van der Waals surface area contributed by atoms with Gasteiger partial charge in [-0.05, 0) is 44.0 Å². The number of halogens is 1. The molecule has 2 rings (SSSR count). The van der Waals surface area contributed by atoms with Gasteiger partial charge in [-0.15, -0.1) is 0 Å². The summed E-state index contributed by atoms with van der Waals surface area (Å²) in [5, 5.41) is 4.16. The number of hydrogen-bond donors (Lipinski definition) is 1. The van der Waals surface area contributed by atoms with E-state index in [1.54, 1.807) is 0 Å². The van der Waals surface area contributed by atoms with Gasteiger partial charge in [-0.25, -0.2) is 0 Å². The Labute approximate surface area is 121 Å². The lowest BCUT2D eigenvalue weighted by atomic mass is 9.92. The molecule has 1 N–H and O–H groups in total. The van der Waals surface area contributed by atoms with Crippen molar-refractivity contribution in [3.05, 3.63) is 29.3 Å². The second kappa shape index (κ2) is 7.76. The smallest absolute Gasteiger partial charge is 0.120 e. The van der Waals surface area contributed by atoms with Crippen LogP contribution >= 0.6 is 11.6 Å². The standard InChI is InChI=1S/C16H24ClNO/c1-18-16(13-7-4-2-3-5-8-13)12-19-15-10-6-9-14(17)11-15/h6,9-11,13,16,18H,2-5,7-8,12H2,1H3. The van der Waals surface area contributed by atoms with E-state index in [0.29, 0.717) is 6.04 Å². The van der Waals surface area contributed by atoms with Crippen LogP contribution in [0.2, 0.25) is 5.02 Å². The molecule has 0 aliphatic heterocycles. The molecule has 2 nitrogen and oxygen atoms in total. The monoisotopic (exact) mass is 281 g/mol. The van der Waals surface area contributed by atoms with Crippen LogP contribution < -0.4 is 10.1 Å². The van der Waals surface area contributed by atoms with Gasteiger partial charge in [-0.2, -0.15) is 0 Å². The van der Waals surface area contributed by atoms with Crippen molar-refractivity contribution in [2.24, 2.45) is 5.92 Å². The molecule has 1 aromatic rings. The topological polar surface area (TPSA) is 21.3 Å². The van der Waals surface area contributed by atoms with Crippen LogP contribution in [0.4, 0.5) is 0 Å². The molecule has 1 fully saturated rings. The summed E-state index contributed by atoms with van der Waals surface area (Å²) < 4.78 is 5.89. The number of hydrogen-bond acceptors (Lipinski definition) is 2. The maximum atomic E-state index is 5.97. The van der Waals surface area contributed by atoms with Crippen LogP contribution in [0.5, 0.6) is 5.75 Å². The zero-order valence-corrected chi connectivity index (χ0v) is 12.5. The quantitative estimate of drug-likeness (QED) is 0.814. The Balaban J connectivity index is 1.87. The molecule has 0 spiro atoms. The van der Waals surface area contributed by atoms with Crippen LogP contribution in [0.1, 0.15) is 38.5 Å². The molecule has 106 valence electrons. The van der Waals surface area contributed by atoms with Crippen molar-refractivity contribution in [2.45, 2.75) is 44.6 Å². The van der Waals surface area contributed by atoms with E-state index in [2.05, 4.69) is 5.32 Å². The molecule has 1 aliphatic rings. The second-order valence-electron chi connectivity index (χ2n) is 5.42. The van der Waals surface area contributed by atoms with Crippen molar-refractivity contribution in [1.82, 2.24) is 5.32 Å². The highest BCUT2D eigenvalue weighted by atomic mass is 35.5. The first-order valence-electron chi connectivity index (χ1n) is 7.35. The van der Waals surface area contributed by atoms with Gasteiger partial charge in [0.2, 0.25) is 0 Å². The Morgan fingerprint density at radius 3 is 2.63 bits per heavy atom. The van der Waals surface area contributed by atoms with E-state index in [0.717, 1.165) is 23.3 Å². The largest absolute Gasteiger partial charge is 0.492 e. The minimum Gasteiger partial charge on any atom is -0.492 e. The number of benzene rings is 1. The third-order valence-electron chi connectivity index (χ3n) is 4.07. The Morgan fingerprint density at radius 1 is 1.26 bits per heavy atom. The molecule has 0 bridgehead atoms. The molecule has 1 saturated carbocycles. The molecule has 0 aromatic heterocycles. The molecule has 3 heteroatoms. The Hall–Kier alpha value is -0.730. The van der Waals surface area contributed by atoms with Crippen LogP contribution in [-0.2, 0) is 0 Å². The van der Waals surface area contributed by atoms with Crippen LogP contribution in [0, 0.1) is 5.92 Å². The van der Waals surface area contributed by atoms with E-state index in [1.165, 1.54) is 38.5 Å². The molecule has 0 amide bonds. The molecule has 1 aliphatic carbocycles. The maximum absolute atomic E-state index is 5.97. The zero-order valence-electron chi connectivity index (χ0n) is 11.7. The van der Waals surface area contributed by atoms with E-state index in [1.807, 2.05) is 31.3 Å². The summed E-state index contributed by atoms with van der Waals surface area (Å²) in [5.74, 6) is 1.60. The number of rotatable bonds is 5. The molecule has 1 atom stereocenters. The fraction of sp³-hybridized carbons (Fsp3) is 0.625. The van der Waals surface area contributed by atoms with Crippen LogP contribution in [0.3, 0.4) is 0 Å². The molecule has 0 radical (unpaired) electrons. The molecule has 0 saturated heterocycles. The Bertz CT molecular complexity index is 375. The summed E-state index contributed by atoms with van der Waals surface area (Å²) >= 11 is 5.97. The maximum Gasteiger partial charge on any atom is 0.120 e. The normalized spacial score (nSPS) is 18.8. The van der Waals surface area contributed by atoms with Gasteiger partial charge >= 0.3 is 0 Å². The van der Waals surface area contributed by atoms with E-state index in [9.17, 15) is 0 Å². The molecule has 1 unspecified atom stereocenters. The van der Waals surface area contributed by atoms with Gasteiger partial charge in [-0.1, -0.05) is 43.4 Å². The van der Waals surface area contributed by atoms with E-state index < -0.39 is 0 Å². The fourth-order valence-electron chi connectivity index (χ4n) is 2.91. The number of ether oxygens (including phenoxy) is 1. The predicted molar refractivity (Wildman–Crippen MR) is 81.0 cm³/mol. The van der Waals surface area contributed by atoms with Gasteiger partial charge in [0.05, 0.1) is 0 Å². The van der Waals surface area contributed by atoms with Crippen molar-refractivity contribution in [3.63, 3.8) is 0 Å². The van der Waals surface area contributed by atoms with Gasteiger partial charge in [-0.3, -0.25) is 0 Å². The average molecular weight is 282 g/mol. The van der Waals surface area contributed by atoms with Crippen molar-refractivity contribution in [2.75, 3.05) is 13.7 Å². The van der Waals surface area contributed by atoms with Gasteiger partial charge < -0.3 is 10.1 Å². The average Bonchev–Trinajstić information content (AvgIpc) is 2.69. The fourth-order valence-corrected chi connectivity index (χ4v) is 3.09. The molecule has 19 heavy (non-hydrogen) atoms. The molecular formula is C16H24ClNO. The van der Waals surface area contributed by atoms with Gasteiger partial charge in [0.1, 0.15) is 12.4 Å². The minimum absolute atomic E-state index is 0.442. The minimum atomic E-state index is 0.442. The third-order valence-corrected chi connectivity index (χ3v) is 4.30. The van der Waals surface area contributed by atoms with E-state index in [4.69, 9.17) is 16.3 Å². The molecule has 0 heterocycles. The lowest BCUT2D eigenvalue weighted by molar-refractivity contribution is 0.211. The SMILES string of the molecule is CNC(COc1cccc(Cl)c1)C1CCCCCC1. The number of likely N-dealkylation sites (N-methyl/N-ethyl adjacent to an activating group) is 1. The first-order valence-corrected chi connectivity index (χ1v) is 7.73. The van der Waals surface area contributed by atoms with Crippen molar-refractivity contribution in [3.8, 4) is 5.75 Å². The summed E-state index contributed by atoms with van der Waals surface area (Å²) in [7, 11) is 2.04. The summed E-state index contributed by atoms with van der Waals surface area (Å²) in [6.07, 6.45) is 8.15. The van der Waals surface area contributed by atoms with Crippen LogP contribution in [-0.4, -0.2) is 19.7 Å². The second-order valence-corrected chi connectivity index (χ2v) is 5.85. The van der Waals surface area contributed by atoms with Crippen LogP contribution in [0.15, 0.2) is 24.3 Å². The van der Waals surface area contributed by atoms with Crippen LogP contribution in [0.25, 0.3) is 0 Å². The third kappa shape index (κ3) is 4.70. The van der Waals surface area contributed by atoms with Gasteiger partial charge in [0.15, 0.2) is 0 Å². The van der Waals surface area contributed by atoms with E-state index in [-0.39, 0.29) is 0 Å². The van der Waals surface area contributed by atoms with Gasteiger partial charge in [0, 0.05) is 11.1 Å². The first kappa shape index (κ1) is 14.7. The molecule has 1 aromatic carbocycles. The zero-order chi connectivity index (χ0) is 13.5. The lowest BCUT2D eigenvalue weighted by Crippen LogP contribution is -2.38. The summed E-state index contributed by atoms with van der Waals surface area (Å²) in [5.41, 5.74) is 0. The van der Waals surface area contributed by atoms with Crippen molar-refractivity contribution < 1.29 is 4.74 Å². The summed E-state index contributed by atoms with van der Waals surface area (Å²) in [4.78, 5) is 0. The molecular weight excluding hydrogens is 258 g/mol. The Kier molecular flexibility index (Phi) is 5.99. The predicted octanol–water partition coefficient (Wildman–Crippen LogP) is 4.28. The Morgan fingerprint density at radius 2 is 2.00 bits per heavy atom. The first-order chi connectivity index (χ1) is 9.29. The van der Waals surface area contributed by atoms with Gasteiger partial charge in [0.25, 0.3) is 0 Å². The number of nitrogens with one attached hydrogen (secondary N) is 1. The highest BCUT2D eigenvalue weighted by Gasteiger charge is 2.21. The summed E-state index contributed by atoms with van der Waals surface area (Å²) in [6, 6.07) is 8.08. The van der Waals surface area contributed by atoms with E-state index >= 15 is 0 Å². The van der Waals surface area contributed by atoms with Crippen molar-refractivity contribution >= 4 is 11.6 Å². The van der Waals surface area contributed by atoms with Crippen molar-refractivity contribution in [1.29, 1.82) is 0 Å². The highest BCUT2D eigenvalue weighted by molar-refractivity contribution is 6.30. The summed E-state index contributed by atoms with van der Waals surface area (Å²) in [6.45, 7) is 0.724. The highest BCUT2D eigenvalue weighted by Crippen LogP contribution is 2.26. The lowest BCUT2D eigenvalue weighted by Gasteiger charge is -2.25.